The van der Waals surface area contributed by atoms with Crippen molar-refractivity contribution in [3.8, 4) is 0 Å². The number of hydrogen-bond acceptors (Lipinski definition) is 4. The molecular weight excluding hydrogens is 330 g/mol. The van der Waals surface area contributed by atoms with Gasteiger partial charge in [0.1, 0.15) is 0 Å². The Labute approximate surface area is 134 Å². The van der Waals surface area contributed by atoms with Crippen LogP contribution >= 0.6 is 15.9 Å². The average molecular weight is 352 g/mol. The standard InChI is InChI=1S/C16H22BrN3O/c1-11(2)5-7-21-8-6-19-15-4-3-14(18)13-9-12(17)10-20-16(13)15/h3-4,9-11,19H,5-8,18H2,1-2H3. The summed E-state index contributed by atoms with van der Waals surface area (Å²) < 4.78 is 6.53. The first-order valence-corrected chi connectivity index (χ1v) is 8.02. The number of nitrogen functional groups attached to an aromatic ring is 1. The van der Waals surface area contributed by atoms with Gasteiger partial charge in [0.05, 0.1) is 17.8 Å². The predicted octanol–water partition coefficient (Wildman–Crippen LogP) is 4.05. The van der Waals surface area contributed by atoms with E-state index in [2.05, 4.69) is 40.1 Å². The molecule has 0 amide bonds. The van der Waals surface area contributed by atoms with Crippen molar-refractivity contribution in [1.82, 2.24) is 4.98 Å². The number of benzene rings is 1. The lowest BCUT2D eigenvalue weighted by Crippen LogP contribution is -2.11. The van der Waals surface area contributed by atoms with Crippen LogP contribution < -0.4 is 11.1 Å². The lowest BCUT2D eigenvalue weighted by Gasteiger charge is -2.11. The number of nitrogens with zero attached hydrogens (tertiary/aromatic N) is 1. The fourth-order valence-corrected chi connectivity index (χ4v) is 2.37. The summed E-state index contributed by atoms with van der Waals surface area (Å²) >= 11 is 3.43. The van der Waals surface area contributed by atoms with E-state index in [9.17, 15) is 0 Å². The highest BCUT2D eigenvalue weighted by molar-refractivity contribution is 9.10. The lowest BCUT2D eigenvalue weighted by atomic mass is 10.1. The van der Waals surface area contributed by atoms with Gasteiger partial charge in [-0.05, 0) is 46.5 Å². The number of hydrogen-bond donors (Lipinski definition) is 2. The molecule has 0 aliphatic heterocycles. The summed E-state index contributed by atoms with van der Waals surface area (Å²) in [6.45, 7) is 6.66. The first-order chi connectivity index (χ1) is 10.1. The number of halogens is 1. The van der Waals surface area contributed by atoms with Gasteiger partial charge in [-0.15, -0.1) is 0 Å². The van der Waals surface area contributed by atoms with Gasteiger partial charge in [0.2, 0.25) is 0 Å². The molecule has 4 nitrogen and oxygen atoms in total. The molecule has 21 heavy (non-hydrogen) atoms. The van der Waals surface area contributed by atoms with Crippen LogP contribution in [0.4, 0.5) is 11.4 Å². The first kappa shape index (κ1) is 16.0. The Morgan fingerprint density at radius 1 is 1.33 bits per heavy atom. The first-order valence-electron chi connectivity index (χ1n) is 7.23. The van der Waals surface area contributed by atoms with Gasteiger partial charge >= 0.3 is 0 Å². The number of ether oxygens (including phenoxy) is 1. The average Bonchev–Trinajstić information content (AvgIpc) is 2.45. The van der Waals surface area contributed by atoms with Crippen LogP contribution in [0.15, 0.2) is 28.9 Å². The molecule has 0 saturated carbocycles. The molecule has 0 fully saturated rings. The highest BCUT2D eigenvalue weighted by atomic mass is 79.9. The monoisotopic (exact) mass is 351 g/mol. The molecule has 2 aromatic rings. The van der Waals surface area contributed by atoms with Crippen molar-refractivity contribution in [1.29, 1.82) is 0 Å². The van der Waals surface area contributed by atoms with Gasteiger partial charge in [-0.25, -0.2) is 0 Å². The molecule has 0 atom stereocenters. The van der Waals surface area contributed by atoms with Gasteiger partial charge in [-0.2, -0.15) is 0 Å². The molecule has 3 N–H and O–H groups in total. The molecule has 1 aromatic heterocycles. The summed E-state index contributed by atoms with van der Waals surface area (Å²) in [5, 5.41) is 4.32. The SMILES string of the molecule is CC(C)CCOCCNc1ccc(N)c2cc(Br)cnc12. The molecule has 2 rings (SSSR count). The number of nitrogens with two attached hydrogens (primary N) is 1. The van der Waals surface area contributed by atoms with E-state index in [0.29, 0.717) is 12.5 Å². The van der Waals surface area contributed by atoms with Crippen molar-refractivity contribution in [2.24, 2.45) is 5.92 Å². The Bertz CT molecular complexity index is 601. The van der Waals surface area contributed by atoms with E-state index >= 15 is 0 Å². The highest BCUT2D eigenvalue weighted by Crippen LogP contribution is 2.28. The van der Waals surface area contributed by atoms with E-state index in [-0.39, 0.29) is 0 Å². The number of anilines is 2. The summed E-state index contributed by atoms with van der Waals surface area (Å²) in [5.41, 5.74) is 8.61. The smallest absolute Gasteiger partial charge is 0.0954 e. The van der Waals surface area contributed by atoms with Crippen LogP contribution in [0, 0.1) is 5.92 Å². The largest absolute Gasteiger partial charge is 0.398 e. The van der Waals surface area contributed by atoms with Crippen LogP contribution in [0.25, 0.3) is 10.9 Å². The maximum absolute atomic E-state index is 6.00. The summed E-state index contributed by atoms with van der Waals surface area (Å²) in [5.74, 6) is 0.682. The molecule has 0 unspecified atom stereocenters. The zero-order valence-corrected chi connectivity index (χ0v) is 14.1. The van der Waals surface area contributed by atoms with Crippen LogP contribution in [0.3, 0.4) is 0 Å². The van der Waals surface area contributed by atoms with E-state index in [0.717, 1.165) is 46.3 Å². The van der Waals surface area contributed by atoms with Gasteiger partial charge in [0.25, 0.3) is 0 Å². The Balaban J connectivity index is 1.95. The molecule has 0 aliphatic carbocycles. The summed E-state index contributed by atoms with van der Waals surface area (Å²) in [6, 6.07) is 5.85. The van der Waals surface area contributed by atoms with E-state index < -0.39 is 0 Å². The van der Waals surface area contributed by atoms with Crippen LogP contribution in [0.2, 0.25) is 0 Å². The molecule has 0 saturated heterocycles. The van der Waals surface area contributed by atoms with Crippen molar-refractivity contribution in [3.63, 3.8) is 0 Å². The maximum atomic E-state index is 6.00. The molecular formula is C16H22BrN3O. The van der Waals surface area contributed by atoms with Crippen LogP contribution in [-0.4, -0.2) is 24.7 Å². The van der Waals surface area contributed by atoms with E-state index in [1.807, 2.05) is 18.2 Å². The summed E-state index contributed by atoms with van der Waals surface area (Å²) in [4.78, 5) is 4.45. The number of nitrogens with one attached hydrogen (secondary N) is 1. The molecule has 5 heteroatoms. The molecule has 0 bridgehead atoms. The Hall–Kier alpha value is -1.33. The summed E-state index contributed by atoms with van der Waals surface area (Å²) in [6.07, 6.45) is 2.88. The second-order valence-corrected chi connectivity index (χ2v) is 6.39. The zero-order valence-electron chi connectivity index (χ0n) is 12.5. The molecule has 0 radical (unpaired) electrons. The fraction of sp³-hybridized carbons (Fsp3) is 0.438. The number of rotatable bonds is 7. The number of aromatic nitrogens is 1. The molecule has 0 spiro atoms. The molecule has 0 aliphatic rings. The molecule has 1 heterocycles. The van der Waals surface area contributed by atoms with Gasteiger partial charge < -0.3 is 15.8 Å². The van der Waals surface area contributed by atoms with Crippen molar-refractivity contribution in [2.45, 2.75) is 20.3 Å². The minimum Gasteiger partial charge on any atom is -0.398 e. The Morgan fingerprint density at radius 2 is 2.14 bits per heavy atom. The third-order valence-corrected chi connectivity index (χ3v) is 3.69. The van der Waals surface area contributed by atoms with Crippen molar-refractivity contribution >= 4 is 38.2 Å². The van der Waals surface area contributed by atoms with Crippen molar-refractivity contribution in [2.75, 3.05) is 30.8 Å². The maximum Gasteiger partial charge on any atom is 0.0954 e. The third kappa shape index (κ3) is 4.58. The normalized spacial score (nSPS) is 11.2. The second-order valence-electron chi connectivity index (χ2n) is 5.47. The molecule has 114 valence electrons. The van der Waals surface area contributed by atoms with Crippen LogP contribution in [0.1, 0.15) is 20.3 Å². The van der Waals surface area contributed by atoms with Crippen LogP contribution in [-0.2, 0) is 4.74 Å². The van der Waals surface area contributed by atoms with E-state index in [1.165, 1.54) is 0 Å². The van der Waals surface area contributed by atoms with Gasteiger partial charge in [0.15, 0.2) is 0 Å². The third-order valence-electron chi connectivity index (χ3n) is 3.25. The van der Waals surface area contributed by atoms with Crippen molar-refractivity contribution in [3.05, 3.63) is 28.9 Å². The Morgan fingerprint density at radius 3 is 2.90 bits per heavy atom. The van der Waals surface area contributed by atoms with Gasteiger partial charge in [-0.3, -0.25) is 4.98 Å². The zero-order chi connectivity index (χ0) is 15.2. The minimum absolute atomic E-state index is 0.682. The number of pyridine rings is 1. The predicted molar refractivity (Wildman–Crippen MR) is 92.6 cm³/mol. The van der Waals surface area contributed by atoms with Gasteiger partial charge in [0, 0.05) is 34.9 Å². The van der Waals surface area contributed by atoms with Crippen molar-refractivity contribution < 1.29 is 4.74 Å². The minimum atomic E-state index is 0.682. The van der Waals surface area contributed by atoms with Gasteiger partial charge in [-0.1, -0.05) is 13.8 Å². The number of fused-ring (bicyclic) bond motifs is 1. The van der Waals surface area contributed by atoms with E-state index in [1.54, 1.807) is 6.20 Å². The quantitative estimate of drug-likeness (QED) is 0.583. The highest BCUT2D eigenvalue weighted by Gasteiger charge is 2.06. The fourth-order valence-electron chi connectivity index (χ4n) is 2.04. The van der Waals surface area contributed by atoms with Crippen LogP contribution in [0.5, 0.6) is 0 Å². The van der Waals surface area contributed by atoms with E-state index in [4.69, 9.17) is 10.5 Å². The lowest BCUT2D eigenvalue weighted by molar-refractivity contribution is 0.133. The second kappa shape index (κ2) is 7.61. The summed E-state index contributed by atoms with van der Waals surface area (Å²) in [7, 11) is 0. The Kier molecular flexibility index (Phi) is 5.82. The topological polar surface area (TPSA) is 60.2 Å². The molecule has 1 aromatic carbocycles.